The summed E-state index contributed by atoms with van der Waals surface area (Å²) < 4.78 is 0. The zero-order chi connectivity index (χ0) is 13.0. The van der Waals surface area contributed by atoms with E-state index in [1.165, 1.54) is 11.8 Å². The van der Waals surface area contributed by atoms with Crippen molar-refractivity contribution in [2.24, 2.45) is 17.2 Å². The molecule has 0 fully saturated rings. The van der Waals surface area contributed by atoms with E-state index in [9.17, 15) is 4.79 Å². The van der Waals surface area contributed by atoms with E-state index in [1.807, 2.05) is 12.1 Å². The highest BCUT2D eigenvalue weighted by atomic mass is 32.2. The van der Waals surface area contributed by atoms with Gasteiger partial charge in [0.25, 0.3) is 0 Å². The fourth-order valence-corrected chi connectivity index (χ4v) is 4.46. The van der Waals surface area contributed by atoms with E-state index < -0.39 is 0 Å². The van der Waals surface area contributed by atoms with Crippen molar-refractivity contribution in [3.05, 3.63) is 23.3 Å². The van der Waals surface area contributed by atoms with E-state index in [2.05, 4.69) is 0 Å². The molecule has 1 aliphatic carbocycles. The molecule has 1 aromatic rings. The molecule has 1 aromatic carbocycles. The summed E-state index contributed by atoms with van der Waals surface area (Å²) in [4.78, 5) is 12.5. The lowest BCUT2D eigenvalue weighted by Gasteiger charge is -2.33. The van der Waals surface area contributed by atoms with Gasteiger partial charge in [0.1, 0.15) is 0 Å². The Morgan fingerprint density at radius 3 is 2.72 bits per heavy atom. The van der Waals surface area contributed by atoms with Gasteiger partial charge in [-0.2, -0.15) is 0 Å². The summed E-state index contributed by atoms with van der Waals surface area (Å²) in [6.07, 6.45) is 0.672. The average Bonchev–Trinajstić information content (AvgIpc) is 2.69. The molecular formula is C12H16N4OS. The second-order valence-corrected chi connectivity index (χ2v) is 6.11. The largest absolute Gasteiger partial charge is 0.398 e. The van der Waals surface area contributed by atoms with Crippen LogP contribution in [0.25, 0.3) is 0 Å². The van der Waals surface area contributed by atoms with Gasteiger partial charge in [-0.15, -0.1) is 11.8 Å². The number of hydrogen-bond donors (Lipinski definition) is 4. The number of carbonyl (C=O) groups excluding carboxylic acids is 1. The highest BCUT2D eigenvalue weighted by Gasteiger charge is 2.46. The molecule has 0 aromatic heterocycles. The molecule has 4 atom stereocenters. The summed E-state index contributed by atoms with van der Waals surface area (Å²) in [5.74, 6) is -0.390. The van der Waals surface area contributed by atoms with Crippen LogP contribution in [0.4, 0.5) is 5.69 Å². The molecule has 1 heterocycles. The number of primary amides is 1. The second-order valence-electron chi connectivity index (χ2n) is 4.96. The first-order valence-corrected chi connectivity index (χ1v) is 6.78. The molecule has 0 saturated heterocycles. The van der Waals surface area contributed by atoms with Crippen LogP contribution < -0.4 is 22.9 Å². The molecule has 18 heavy (non-hydrogen) atoms. The SMILES string of the molecule is NC(=O)C1Sc2c(N)ccc3c2C1C(N)CC3N. The Bertz CT molecular complexity index is 533. The molecule has 2 aliphatic rings. The molecule has 1 aliphatic heterocycles. The molecule has 0 bridgehead atoms. The van der Waals surface area contributed by atoms with Crippen LogP contribution in [0.1, 0.15) is 29.5 Å². The first-order valence-electron chi connectivity index (χ1n) is 5.90. The summed E-state index contributed by atoms with van der Waals surface area (Å²) in [5, 5.41) is -0.328. The van der Waals surface area contributed by atoms with Gasteiger partial charge >= 0.3 is 0 Å². The van der Waals surface area contributed by atoms with E-state index in [-0.39, 0.29) is 29.2 Å². The lowest BCUT2D eigenvalue weighted by molar-refractivity contribution is -0.117. The minimum atomic E-state index is -0.336. The first-order chi connectivity index (χ1) is 8.50. The van der Waals surface area contributed by atoms with Gasteiger partial charge in [0.15, 0.2) is 0 Å². The molecular weight excluding hydrogens is 248 g/mol. The van der Waals surface area contributed by atoms with Crippen molar-refractivity contribution < 1.29 is 4.79 Å². The van der Waals surface area contributed by atoms with Gasteiger partial charge < -0.3 is 22.9 Å². The summed E-state index contributed by atoms with van der Waals surface area (Å²) in [6, 6.07) is 3.57. The Labute approximate surface area is 109 Å². The summed E-state index contributed by atoms with van der Waals surface area (Å²) in [5.41, 5.74) is 26.5. The monoisotopic (exact) mass is 264 g/mol. The molecule has 8 N–H and O–H groups in total. The number of amides is 1. The maximum absolute atomic E-state index is 11.6. The van der Waals surface area contributed by atoms with Gasteiger partial charge in [-0.3, -0.25) is 4.79 Å². The van der Waals surface area contributed by atoms with Crippen molar-refractivity contribution >= 4 is 23.4 Å². The van der Waals surface area contributed by atoms with Gasteiger partial charge in [0.05, 0.1) is 5.25 Å². The Morgan fingerprint density at radius 1 is 1.33 bits per heavy atom. The van der Waals surface area contributed by atoms with E-state index in [4.69, 9.17) is 22.9 Å². The fourth-order valence-electron chi connectivity index (χ4n) is 3.02. The highest BCUT2D eigenvalue weighted by molar-refractivity contribution is 8.01. The Morgan fingerprint density at radius 2 is 2.06 bits per heavy atom. The third-order valence-electron chi connectivity index (χ3n) is 3.83. The van der Waals surface area contributed by atoms with Gasteiger partial charge in [0, 0.05) is 28.6 Å². The van der Waals surface area contributed by atoms with Gasteiger partial charge in [0.2, 0.25) is 5.91 Å². The predicted octanol–water partition coefficient (Wildman–Crippen LogP) is 0.0428. The minimum absolute atomic E-state index is 0.0548. The van der Waals surface area contributed by atoms with Gasteiger partial charge in [-0.25, -0.2) is 0 Å². The van der Waals surface area contributed by atoms with Crippen molar-refractivity contribution in [3.63, 3.8) is 0 Å². The van der Waals surface area contributed by atoms with Crippen LogP contribution in [0.15, 0.2) is 17.0 Å². The van der Waals surface area contributed by atoms with Gasteiger partial charge in [-0.05, 0) is 23.6 Å². The molecule has 4 unspecified atom stereocenters. The predicted molar refractivity (Wildman–Crippen MR) is 72.0 cm³/mol. The van der Waals surface area contributed by atoms with E-state index in [1.54, 1.807) is 0 Å². The number of nitrogens with two attached hydrogens (primary N) is 4. The van der Waals surface area contributed by atoms with E-state index in [0.717, 1.165) is 16.0 Å². The molecule has 0 saturated carbocycles. The third-order valence-corrected chi connectivity index (χ3v) is 5.30. The normalized spacial score (nSPS) is 33.2. The molecule has 0 radical (unpaired) electrons. The topological polar surface area (TPSA) is 121 Å². The zero-order valence-corrected chi connectivity index (χ0v) is 10.6. The Balaban J connectivity index is 2.21. The lowest BCUT2D eigenvalue weighted by Crippen LogP contribution is -2.43. The van der Waals surface area contributed by atoms with Crippen molar-refractivity contribution in [2.45, 2.75) is 34.6 Å². The van der Waals surface area contributed by atoms with E-state index >= 15 is 0 Å². The number of thioether (sulfide) groups is 1. The number of hydrogen-bond acceptors (Lipinski definition) is 5. The van der Waals surface area contributed by atoms with Crippen LogP contribution >= 0.6 is 11.8 Å². The van der Waals surface area contributed by atoms with Crippen LogP contribution in [0.5, 0.6) is 0 Å². The molecule has 0 spiro atoms. The van der Waals surface area contributed by atoms with Crippen LogP contribution in [0, 0.1) is 0 Å². The van der Waals surface area contributed by atoms with Gasteiger partial charge in [-0.1, -0.05) is 6.07 Å². The summed E-state index contributed by atoms with van der Waals surface area (Å²) in [7, 11) is 0. The minimum Gasteiger partial charge on any atom is -0.398 e. The van der Waals surface area contributed by atoms with E-state index in [0.29, 0.717) is 12.1 Å². The number of benzene rings is 1. The maximum Gasteiger partial charge on any atom is 0.231 e. The first kappa shape index (κ1) is 11.8. The molecule has 1 amide bonds. The summed E-state index contributed by atoms with van der Waals surface area (Å²) >= 11 is 1.43. The smallest absolute Gasteiger partial charge is 0.231 e. The fraction of sp³-hybridized carbons (Fsp3) is 0.417. The number of nitrogen functional groups attached to an aromatic ring is 1. The average molecular weight is 264 g/mol. The maximum atomic E-state index is 11.6. The summed E-state index contributed by atoms with van der Waals surface area (Å²) in [6.45, 7) is 0. The van der Waals surface area contributed by atoms with Crippen molar-refractivity contribution in [2.75, 3.05) is 5.73 Å². The molecule has 5 nitrogen and oxygen atoms in total. The Kier molecular flexibility index (Phi) is 2.55. The molecule has 96 valence electrons. The van der Waals surface area contributed by atoms with Crippen molar-refractivity contribution in [1.29, 1.82) is 0 Å². The van der Waals surface area contributed by atoms with Crippen LogP contribution in [0.2, 0.25) is 0 Å². The van der Waals surface area contributed by atoms with Crippen LogP contribution in [-0.4, -0.2) is 17.2 Å². The second kappa shape index (κ2) is 3.88. The Hall–Kier alpha value is -1.24. The van der Waals surface area contributed by atoms with Crippen molar-refractivity contribution in [3.8, 4) is 0 Å². The van der Waals surface area contributed by atoms with Crippen LogP contribution in [0.3, 0.4) is 0 Å². The van der Waals surface area contributed by atoms with Crippen LogP contribution in [-0.2, 0) is 4.79 Å². The standard InChI is InChI=1S/C12H16N4OS/c13-5-2-1-4-6(14)3-7(15)9-8(4)10(5)18-11(9)12(16)17/h1-2,6-7,9,11H,3,13-15H2,(H2,16,17). The third kappa shape index (κ3) is 1.46. The highest BCUT2D eigenvalue weighted by Crippen LogP contribution is 2.54. The lowest BCUT2D eigenvalue weighted by atomic mass is 9.75. The molecule has 6 heteroatoms. The van der Waals surface area contributed by atoms with Crippen molar-refractivity contribution in [1.82, 2.24) is 0 Å². The number of anilines is 1. The molecule has 3 rings (SSSR count). The quantitative estimate of drug-likeness (QED) is 0.534. The number of carbonyl (C=O) groups is 1. The number of rotatable bonds is 1. The zero-order valence-electron chi connectivity index (χ0n) is 9.80.